The topological polar surface area (TPSA) is 103 Å². The Morgan fingerprint density at radius 3 is 2.68 bits per heavy atom. The summed E-state index contributed by atoms with van der Waals surface area (Å²) in [7, 11) is 1.71. The molecular weight excluding hydrogens is 462 g/mol. The Labute approximate surface area is 216 Å². The normalized spacial score (nSPS) is 11.3. The number of benzene rings is 2. The highest BCUT2D eigenvalue weighted by atomic mass is 16.5. The highest BCUT2D eigenvalue weighted by Crippen LogP contribution is 2.34. The predicted molar refractivity (Wildman–Crippen MR) is 150 cm³/mol. The maximum absolute atomic E-state index is 6.13. The molecule has 0 bridgehead atoms. The van der Waals surface area contributed by atoms with E-state index in [2.05, 4.69) is 73.5 Å². The molecule has 2 aromatic carbocycles. The van der Waals surface area contributed by atoms with Gasteiger partial charge in [-0.1, -0.05) is 43.7 Å². The quantitative estimate of drug-likeness (QED) is 0.219. The van der Waals surface area contributed by atoms with Gasteiger partial charge >= 0.3 is 0 Å². The lowest BCUT2D eigenvalue weighted by atomic mass is 10.1. The molecule has 3 aromatic heterocycles. The highest BCUT2D eigenvalue weighted by Gasteiger charge is 2.19. The van der Waals surface area contributed by atoms with Gasteiger partial charge in [0.25, 0.3) is 0 Å². The van der Waals surface area contributed by atoms with Gasteiger partial charge in [-0.3, -0.25) is 4.98 Å². The molecule has 8 nitrogen and oxygen atoms in total. The summed E-state index contributed by atoms with van der Waals surface area (Å²) in [4.78, 5) is 13.4. The molecule has 0 aliphatic rings. The molecule has 0 amide bonds. The number of nitrogens with two attached hydrogens (primary N) is 1. The molecule has 0 fully saturated rings. The first-order valence-corrected chi connectivity index (χ1v) is 12.7. The summed E-state index contributed by atoms with van der Waals surface area (Å²) < 4.78 is 8.03. The van der Waals surface area contributed by atoms with Crippen LogP contribution in [0.3, 0.4) is 0 Å². The third kappa shape index (κ3) is 5.34. The summed E-state index contributed by atoms with van der Waals surface area (Å²) in [6.45, 7) is 5.11. The van der Waals surface area contributed by atoms with E-state index in [0.29, 0.717) is 6.54 Å². The fraction of sp³-hybridized carbons (Fsp3) is 0.276. The van der Waals surface area contributed by atoms with Gasteiger partial charge in [-0.05, 0) is 41.8 Å². The van der Waals surface area contributed by atoms with Crippen LogP contribution in [0.2, 0.25) is 0 Å². The Morgan fingerprint density at radius 2 is 1.86 bits per heavy atom. The van der Waals surface area contributed by atoms with Gasteiger partial charge in [0, 0.05) is 43.0 Å². The largest absolute Gasteiger partial charge is 0.496 e. The molecule has 3 heterocycles. The average molecular weight is 496 g/mol. The Hall–Kier alpha value is -4.17. The number of nitrogen functional groups attached to an aromatic ring is 1. The van der Waals surface area contributed by atoms with Gasteiger partial charge in [-0.25, -0.2) is 4.98 Å². The second-order valence-electron chi connectivity index (χ2n) is 9.12. The van der Waals surface area contributed by atoms with Gasteiger partial charge in [-0.15, -0.1) is 0 Å². The third-order valence-corrected chi connectivity index (χ3v) is 6.50. The van der Waals surface area contributed by atoms with Crippen molar-refractivity contribution in [3.63, 3.8) is 0 Å². The molecule has 37 heavy (non-hydrogen) atoms. The smallest absolute Gasteiger partial charge is 0.222 e. The second kappa shape index (κ2) is 11.3. The minimum atomic E-state index is 0.272. The molecule has 190 valence electrons. The van der Waals surface area contributed by atoms with Gasteiger partial charge in [-0.2, -0.15) is 4.98 Å². The Morgan fingerprint density at radius 1 is 1.00 bits per heavy atom. The monoisotopic (exact) mass is 495 g/mol. The van der Waals surface area contributed by atoms with Crippen LogP contribution in [0, 0.1) is 0 Å². The van der Waals surface area contributed by atoms with Crippen LogP contribution < -0.4 is 21.1 Å². The number of hydrogen-bond acceptors (Lipinski definition) is 7. The standard InChI is InChI=1S/C29H33N7O/c1-3-4-14-33-28-27-26(34-29(30)35-28)23-9-5-6-10-24(23)36(27)19-22-15-20(11-12-25(22)37-2)16-32-18-21-8-7-13-31-17-21/h5-13,15,17,32H,3-4,14,16,18-19H2,1-2H3,(H3,30,33,34,35). The van der Waals surface area contributed by atoms with E-state index in [1.54, 1.807) is 13.3 Å². The Kier molecular flexibility index (Phi) is 7.46. The van der Waals surface area contributed by atoms with E-state index in [9.17, 15) is 0 Å². The van der Waals surface area contributed by atoms with Crippen LogP contribution in [0.4, 0.5) is 11.8 Å². The van der Waals surface area contributed by atoms with Crippen molar-refractivity contribution in [1.82, 2.24) is 24.8 Å². The molecule has 0 aliphatic heterocycles. The first-order valence-electron chi connectivity index (χ1n) is 12.7. The fourth-order valence-electron chi connectivity index (χ4n) is 4.71. The number of unbranched alkanes of at least 4 members (excludes halogenated alkanes) is 1. The zero-order chi connectivity index (χ0) is 25.6. The predicted octanol–water partition coefficient (Wildman–Crippen LogP) is 5.12. The molecule has 0 saturated carbocycles. The third-order valence-electron chi connectivity index (χ3n) is 6.50. The van der Waals surface area contributed by atoms with Gasteiger partial charge < -0.3 is 25.7 Å². The molecule has 0 atom stereocenters. The first-order chi connectivity index (χ1) is 18.2. The number of para-hydroxylation sites is 1. The van der Waals surface area contributed by atoms with Crippen LogP contribution >= 0.6 is 0 Å². The number of pyridine rings is 1. The van der Waals surface area contributed by atoms with Crippen molar-refractivity contribution in [1.29, 1.82) is 0 Å². The minimum Gasteiger partial charge on any atom is -0.496 e. The number of ether oxygens (including phenoxy) is 1. The van der Waals surface area contributed by atoms with Crippen LogP contribution in [0.15, 0.2) is 67.0 Å². The second-order valence-corrected chi connectivity index (χ2v) is 9.12. The summed E-state index contributed by atoms with van der Waals surface area (Å²) in [5.41, 5.74) is 12.4. The fourth-order valence-corrected chi connectivity index (χ4v) is 4.71. The molecule has 5 aromatic rings. The summed E-state index contributed by atoms with van der Waals surface area (Å²) in [6, 6.07) is 18.7. The summed E-state index contributed by atoms with van der Waals surface area (Å²) in [6.07, 6.45) is 5.82. The highest BCUT2D eigenvalue weighted by molar-refractivity contribution is 6.09. The molecule has 0 aliphatic carbocycles. The van der Waals surface area contributed by atoms with E-state index in [4.69, 9.17) is 10.5 Å². The lowest BCUT2D eigenvalue weighted by Crippen LogP contribution is -2.13. The van der Waals surface area contributed by atoms with E-state index in [1.165, 1.54) is 5.56 Å². The van der Waals surface area contributed by atoms with Gasteiger partial charge in [0.05, 0.1) is 19.2 Å². The summed E-state index contributed by atoms with van der Waals surface area (Å²) in [5, 5.41) is 8.07. The van der Waals surface area contributed by atoms with E-state index in [-0.39, 0.29) is 5.95 Å². The van der Waals surface area contributed by atoms with Crippen molar-refractivity contribution in [3.8, 4) is 5.75 Å². The molecule has 8 heteroatoms. The maximum Gasteiger partial charge on any atom is 0.222 e. The minimum absolute atomic E-state index is 0.272. The van der Waals surface area contributed by atoms with Crippen molar-refractivity contribution in [2.24, 2.45) is 0 Å². The summed E-state index contributed by atoms with van der Waals surface area (Å²) >= 11 is 0. The SMILES string of the molecule is CCCCNc1nc(N)nc2c3ccccc3n(Cc3cc(CNCc4cccnc4)ccc3OC)c12. The number of methoxy groups -OCH3 is 1. The molecule has 5 rings (SSSR count). The molecule has 0 radical (unpaired) electrons. The van der Waals surface area contributed by atoms with E-state index >= 15 is 0 Å². The molecule has 0 unspecified atom stereocenters. The molecular formula is C29H33N7O. The van der Waals surface area contributed by atoms with Crippen LogP contribution in [-0.4, -0.2) is 33.2 Å². The summed E-state index contributed by atoms with van der Waals surface area (Å²) in [5.74, 6) is 1.88. The number of hydrogen-bond donors (Lipinski definition) is 3. The molecule has 0 spiro atoms. The van der Waals surface area contributed by atoms with Crippen molar-refractivity contribution in [3.05, 3.63) is 83.7 Å². The van der Waals surface area contributed by atoms with Gasteiger partial charge in [0.1, 0.15) is 16.8 Å². The number of anilines is 2. The van der Waals surface area contributed by atoms with E-state index in [0.717, 1.165) is 77.1 Å². The lowest BCUT2D eigenvalue weighted by Gasteiger charge is -2.15. The van der Waals surface area contributed by atoms with E-state index in [1.807, 2.05) is 24.4 Å². The lowest BCUT2D eigenvalue weighted by molar-refractivity contribution is 0.408. The maximum atomic E-state index is 6.13. The van der Waals surface area contributed by atoms with Gasteiger partial charge in [0.15, 0.2) is 5.82 Å². The number of aromatic nitrogens is 4. The van der Waals surface area contributed by atoms with E-state index < -0.39 is 0 Å². The molecule has 0 saturated heterocycles. The van der Waals surface area contributed by atoms with Gasteiger partial charge in [0.2, 0.25) is 5.95 Å². The zero-order valence-corrected chi connectivity index (χ0v) is 21.4. The van der Waals surface area contributed by atoms with Crippen molar-refractivity contribution >= 4 is 33.7 Å². The average Bonchev–Trinajstić information content (AvgIpc) is 3.23. The molecule has 4 N–H and O–H groups in total. The van der Waals surface area contributed by atoms with Crippen LogP contribution in [-0.2, 0) is 19.6 Å². The Balaban J connectivity index is 1.51. The number of nitrogens with one attached hydrogen (secondary N) is 2. The van der Waals surface area contributed by atoms with Crippen LogP contribution in [0.1, 0.15) is 36.5 Å². The van der Waals surface area contributed by atoms with Crippen molar-refractivity contribution in [2.75, 3.05) is 24.7 Å². The first kappa shape index (κ1) is 24.5. The van der Waals surface area contributed by atoms with Crippen LogP contribution in [0.5, 0.6) is 5.75 Å². The van der Waals surface area contributed by atoms with Crippen molar-refractivity contribution < 1.29 is 4.74 Å². The number of nitrogens with zero attached hydrogens (tertiary/aromatic N) is 4. The Bertz CT molecular complexity index is 1500. The number of fused-ring (bicyclic) bond motifs is 3. The van der Waals surface area contributed by atoms with Crippen LogP contribution in [0.25, 0.3) is 21.9 Å². The van der Waals surface area contributed by atoms with Crippen molar-refractivity contribution in [2.45, 2.75) is 39.4 Å². The zero-order valence-electron chi connectivity index (χ0n) is 21.4. The number of rotatable bonds is 11.